The molecule has 1 amide bonds. The molecule has 2 aromatic carbocycles. The summed E-state index contributed by atoms with van der Waals surface area (Å²) in [6.07, 6.45) is 3.17. The topological polar surface area (TPSA) is 32.3 Å². The van der Waals surface area contributed by atoms with E-state index in [-0.39, 0.29) is 5.92 Å². The fraction of sp³-hybridized carbons (Fsp3) is 0.458. The highest BCUT2D eigenvalue weighted by Gasteiger charge is 2.38. The minimum absolute atomic E-state index is 0.0750. The van der Waals surface area contributed by atoms with Crippen molar-refractivity contribution in [1.29, 1.82) is 0 Å². The SMILES string of the molecule is CCc1ccccc1C1CNC[C@H]1C(=O)N1CCC(c2ccccc2)CC1. The van der Waals surface area contributed by atoms with E-state index in [0.717, 1.165) is 45.4 Å². The Morgan fingerprint density at radius 3 is 2.44 bits per heavy atom. The van der Waals surface area contributed by atoms with E-state index >= 15 is 0 Å². The predicted molar refractivity (Wildman–Crippen MR) is 110 cm³/mol. The summed E-state index contributed by atoms with van der Waals surface area (Å²) in [6.45, 7) is 5.69. The molecule has 0 spiro atoms. The van der Waals surface area contributed by atoms with Crippen LogP contribution in [0.25, 0.3) is 0 Å². The van der Waals surface area contributed by atoms with Crippen LogP contribution in [0.4, 0.5) is 0 Å². The van der Waals surface area contributed by atoms with E-state index in [1.54, 1.807) is 0 Å². The fourth-order valence-electron chi connectivity index (χ4n) is 4.88. The lowest BCUT2D eigenvalue weighted by Crippen LogP contribution is -2.43. The summed E-state index contributed by atoms with van der Waals surface area (Å²) in [6, 6.07) is 19.4. The molecule has 2 atom stereocenters. The summed E-state index contributed by atoms with van der Waals surface area (Å²) >= 11 is 0. The van der Waals surface area contributed by atoms with Gasteiger partial charge >= 0.3 is 0 Å². The second-order valence-corrected chi connectivity index (χ2v) is 7.93. The largest absolute Gasteiger partial charge is 0.342 e. The fourth-order valence-corrected chi connectivity index (χ4v) is 4.88. The first-order chi connectivity index (χ1) is 13.3. The maximum Gasteiger partial charge on any atom is 0.227 e. The Morgan fingerprint density at radius 2 is 1.70 bits per heavy atom. The van der Waals surface area contributed by atoms with Crippen molar-refractivity contribution in [1.82, 2.24) is 10.2 Å². The smallest absolute Gasteiger partial charge is 0.227 e. The Morgan fingerprint density at radius 1 is 1.00 bits per heavy atom. The number of hydrogen-bond acceptors (Lipinski definition) is 2. The monoisotopic (exact) mass is 362 g/mol. The zero-order valence-corrected chi connectivity index (χ0v) is 16.2. The molecule has 2 saturated heterocycles. The molecule has 2 aromatic rings. The van der Waals surface area contributed by atoms with Crippen molar-refractivity contribution in [2.75, 3.05) is 26.2 Å². The molecule has 2 aliphatic rings. The number of amides is 1. The Hall–Kier alpha value is -2.13. The molecule has 2 aliphatic heterocycles. The molecule has 0 radical (unpaired) electrons. The van der Waals surface area contributed by atoms with Crippen LogP contribution in [0.2, 0.25) is 0 Å². The second-order valence-electron chi connectivity index (χ2n) is 7.93. The summed E-state index contributed by atoms with van der Waals surface area (Å²) in [5.74, 6) is 1.32. The first kappa shape index (κ1) is 18.2. The van der Waals surface area contributed by atoms with Gasteiger partial charge in [0.1, 0.15) is 0 Å². The molecule has 0 saturated carbocycles. The Bertz CT molecular complexity index is 765. The van der Waals surface area contributed by atoms with E-state index in [4.69, 9.17) is 0 Å². The van der Waals surface area contributed by atoms with Gasteiger partial charge in [0.25, 0.3) is 0 Å². The van der Waals surface area contributed by atoms with Crippen molar-refractivity contribution in [3.63, 3.8) is 0 Å². The van der Waals surface area contributed by atoms with Crippen LogP contribution in [-0.2, 0) is 11.2 Å². The van der Waals surface area contributed by atoms with Crippen molar-refractivity contribution in [2.24, 2.45) is 5.92 Å². The molecule has 0 aromatic heterocycles. The van der Waals surface area contributed by atoms with Crippen LogP contribution in [-0.4, -0.2) is 37.0 Å². The molecule has 3 nitrogen and oxygen atoms in total. The molecule has 0 aliphatic carbocycles. The summed E-state index contributed by atoms with van der Waals surface area (Å²) in [7, 11) is 0. The van der Waals surface area contributed by atoms with Crippen molar-refractivity contribution in [3.8, 4) is 0 Å². The Labute approximate surface area is 162 Å². The molecule has 142 valence electrons. The van der Waals surface area contributed by atoms with Crippen molar-refractivity contribution in [3.05, 3.63) is 71.3 Å². The number of hydrogen-bond donors (Lipinski definition) is 1. The Kier molecular flexibility index (Phi) is 5.58. The maximum absolute atomic E-state index is 13.3. The molecule has 1 N–H and O–H groups in total. The highest BCUT2D eigenvalue weighted by molar-refractivity contribution is 5.81. The third-order valence-corrected chi connectivity index (χ3v) is 6.44. The van der Waals surface area contributed by atoms with Crippen LogP contribution in [0.15, 0.2) is 54.6 Å². The lowest BCUT2D eigenvalue weighted by Gasteiger charge is -2.35. The molecule has 4 rings (SSSR count). The van der Waals surface area contributed by atoms with Crippen LogP contribution in [0, 0.1) is 5.92 Å². The van der Waals surface area contributed by atoms with E-state index in [9.17, 15) is 4.79 Å². The number of carbonyl (C=O) groups is 1. The van der Waals surface area contributed by atoms with Gasteiger partial charge in [-0.15, -0.1) is 0 Å². The molecule has 2 heterocycles. The van der Waals surface area contributed by atoms with Gasteiger partial charge in [0, 0.05) is 32.1 Å². The normalized spacial score (nSPS) is 23.5. The minimum atomic E-state index is 0.0750. The van der Waals surface area contributed by atoms with Crippen molar-refractivity contribution < 1.29 is 4.79 Å². The molecule has 2 fully saturated rings. The van der Waals surface area contributed by atoms with Gasteiger partial charge in [-0.3, -0.25) is 4.79 Å². The molecule has 1 unspecified atom stereocenters. The van der Waals surface area contributed by atoms with Crippen LogP contribution >= 0.6 is 0 Å². The third-order valence-electron chi connectivity index (χ3n) is 6.44. The number of rotatable bonds is 4. The summed E-state index contributed by atoms with van der Waals surface area (Å²) in [5.41, 5.74) is 4.16. The lowest BCUT2D eigenvalue weighted by molar-refractivity contribution is -0.136. The summed E-state index contributed by atoms with van der Waals surface area (Å²) in [5, 5.41) is 3.48. The average Bonchev–Trinajstić information content (AvgIpc) is 3.23. The standard InChI is InChI=1S/C24H30N2O/c1-2-18-8-6-7-11-21(18)22-16-25-17-23(22)24(27)26-14-12-20(13-15-26)19-9-4-3-5-10-19/h3-11,20,22-23,25H,2,12-17H2,1H3/t22?,23-/m1/s1. The second kappa shape index (κ2) is 8.26. The lowest BCUT2D eigenvalue weighted by atomic mass is 9.83. The van der Waals surface area contributed by atoms with E-state index < -0.39 is 0 Å². The van der Waals surface area contributed by atoms with E-state index in [1.807, 2.05) is 0 Å². The zero-order valence-electron chi connectivity index (χ0n) is 16.2. The first-order valence-corrected chi connectivity index (χ1v) is 10.4. The number of carbonyl (C=O) groups excluding carboxylic acids is 1. The number of benzene rings is 2. The highest BCUT2D eigenvalue weighted by atomic mass is 16.2. The van der Waals surface area contributed by atoms with Gasteiger partial charge in [-0.2, -0.15) is 0 Å². The number of likely N-dealkylation sites (tertiary alicyclic amines) is 1. The van der Waals surface area contributed by atoms with Crippen LogP contribution in [0.3, 0.4) is 0 Å². The van der Waals surface area contributed by atoms with Crippen molar-refractivity contribution >= 4 is 5.91 Å². The molecular weight excluding hydrogens is 332 g/mol. The van der Waals surface area contributed by atoms with E-state index in [2.05, 4.69) is 71.7 Å². The van der Waals surface area contributed by atoms with Crippen molar-refractivity contribution in [2.45, 2.75) is 38.0 Å². The predicted octanol–water partition coefficient (Wildman–Crippen LogP) is 3.96. The zero-order chi connectivity index (χ0) is 18.6. The van der Waals surface area contributed by atoms with Gasteiger partial charge < -0.3 is 10.2 Å². The van der Waals surface area contributed by atoms with Gasteiger partial charge in [0.15, 0.2) is 0 Å². The summed E-state index contributed by atoms with van der Waals surface area (Å²) < 4.78 is 0. The van der Waals surface area contributed by atoms with Gasteiger partial charge in [0.05, 0.1) is 5.92 Å². The Balaban J connectivity index is 1.43. The molecule has 0 bridgehead atoms. The highest BCUT2D eigenvalue weighted by Crippen LogP contribution is 2.34. The maximum atomic E-state index is 13.3. The number of nitrogens with zero attached hydrogens (tertiary/aromatic N) is 1. The van der Waals surface area contributed by atoms with Gasteiger partial charge in [-0.05, 0) is 41.9 Å². The molecular formula is C24H30N2O. The summed E-state index contributed by atoms with van der Waals surface area (Å²) in [4.78, 5) is 15.4. The molecule has 27 heavy (non-hydrogen) atoms. The van der Waals surface area contributed by atoms with Gasteiger partial charge in [0.2, 0.25) is 5.91 Å². The number of nitrogens with one attached hydrogen (secondary N) is 1. The van der Waals surface area contributed by atoms with Crippen LogP contribution in [0.1, 0.15) is 48.3 Å². The van der Waals surface area contributed by atoms with Crippen LogP contribution in [0.5, 0.6) is 0 Å². The van der Waals surface area contributed by atoms with E-state index in [0.29, 0.717) is 17.7 Å². The number of piperidine rings is 1. The quantitative estimate of drug-likeness (QED) is 0.893. The van der Waals surface area contributed by atoms with Crippen LogP contribution < -0.4 is 5.32 Å². The number of aryl methyl sites for hydroxylation is 1. The third kappa shape index (κ3) is 3.79. The van der Waals surface area contributed by atoms with E-state index in [1.165, 1.54) is 16.7 Å². The van der Waals surface area contributed by atoms with Gasteiger partial charge in [-0.25, -0.2) is 0 Å². The van der Waals surface area contributed by atoms with Gasteiger partial charge in [-0.1, -0.05) is 61.5 Å². The first-order valence-electron chi connectivity index (χ1n) is 10.4. The molecule has 3 heteroatoms. The minimum Gasteiger partial charge on any atom is -0.342 e. The average molecular weight is 363 g/mol.